The molecule has 0 radical (unpaired) electrons. The predicted molar refractivity (Wildman–Crippen MR) is 125 cm³/mol. The van der Waals surface area contributed by atoms with E-state index in [2.05, 4.69) is 6.92 Å². The number of hydrogen-bond acceptors (Lipinski definition) is 8. The van der Waals surface area contributed by atoms with Crippen molar-refractivity contribution >= 4 is 35.0 Å². The number of nitrogens with zero attached hydrogens (tertiary/aromatic N) is 2. The van der Waals surface area contributed by atoms with Gasteiger partial charge in [-0.25, -0.2) is 4.79 Å². The van der Waals surface area contributed by atoms with Gasteiger partial charge in [0.2, 0.25) is 5.91 Å². The molecule has 0 saturated carbocycles. The summed E-state index contributed by atoms with van der Waals surface area (Å²) < 4.78 is 10.3. The first-order valence-corrected chi connectivity index (χ1v) is 11.3. The van der Waals surface area contributed by atoms with Gasteiger partial charge in [-0.05, 0) is 42.8 Å². The van der Waals surface area contributed by atoms with Crippen LogP contribution in [-0.4, -0.2) is 48.3 Å². The minimum Gasteiger partial charge on any atom is -0.462 e. The van der Waals surface area contributed by atoms with E-state index in [1.165, 1.54) is 29.2 Å². The number of anilines is 1. The van der Waals surface area contributed by atoms with Gasteiger partial charge in [-0.2, -0.15) is 0 Å². The third kappa shape index (κ3) is 6.72. The first-order chi connectivity index (χ1) is 16.8. The van der Waals surface area contributed by atoms with E-state index in [1.54, 1.807) is 24.3 Å². The Labute approximate surface area is 202 Å². The first kappa shape index (κ1) is 25.5. The summed E-state index contributed by atoms with van der Waals surface area (Å²) in [6.45, 7) is 1.97. The van der Waals surface area contributed by atoms with Crippen LogP contribution in [0, 0.1) is 16.0 Å². The third-order valence-corrected chi connectivity index (χ3v) is 5.60. The van der Waals surface area contributed by atoms with Crippen LogP contribution >= 0.6 is 0 Å². The molecule has 184 valence electrons. The van der Waals surface area contributed by atoms with Gasteiger partial charge in [-0.1, -0.05) is 19.8 Å². The Morgan fingerprint density at radius 3 is 2.29 bits per heavy atom. The van der Waals surface area contributed by atoms with Crippen LogP contribution in [0.15, 0.2) is 48.5 Å². The number of benzene rings is 2. The maximum Gasteiger partial charge on any atom is 0.338 e. The summed E-state index contributed by atoms with van der Waals surface area (Å²) in [4.78, 5) is 60.8. The van der Waals surface area contributed by atoms with E-state index in [-0.39, 0.29) is 30.1 Å². The topological polar surface area (TPSA) is 133 Å². The van der Waals surface area contributed by atoms with E-state index >= 15 is 0 Å². The first-order valence-electron chi connectivity index (χ1n) is 11.3. The zero-order valence-corrected chi connectivity index (χ0v) is 19.3. The van der Waals surface area contributed by atoms with Crippen molar-refractivity contribution in [3.63, 3.8) is 0 Å². The van der Waals surface area contributed by atoms with Crippen LogP contribution in [0.3, 0.4) is 0 Å². The fourth-order valence-corrected chi connectivity index (χ4v) is 3.60. The van der Waals surface area contributed by atoms with Crippen molar-refractivity contribution in [2.45, 2.75) is 32.6 Å². The molecule has 35 heavy (non-hydrogen) atoms. The maximum absolute atomic E-state index is 12.5. The number of carbonyl (C=O) groups is 4. The number of amides is 1. The molecule has 1 amide bonds. The molecule has 1 aliphatic heterocycles. The summed E-state index contributed by atoms with van der Waals surface area (Å²) in [5.74, 6) is -2.63. The van der Waals surface area contributed by atoms with E-state index in [0.29, 0.717) is 17.9 Å². The van der Waals surface area contributed by atoms with Crippen molar-refractivity contribution in [2.24, 2.45) is 5.92 Å². The van der Waals surface area contributed by atoms with Gasteiger partial charge in [0, 0.05) is 36.3 Å². The molecular formula is C25H26N2O8. The molecule has 1 fully saturated rings. The highest BCUT2D eigenvalue weighted by Crippen LogP contribution is 2.26. The van der Waals surface area contributed by atoms with E-state index in [1.807, 2.05) is 0 Å². The van der Waals surface area contributed by atoms with Crippen LogP contribution in [-0.2, 0) is 19.1 Å². The highest BCUT2D eigenvalue weighted by molar-refractivity contribution is 6.01. The summed E-state index contributed by atoms with van der Waals surface area (Å²) in [7, 11) is 0. The summed E-state index contributed by atoms with van der Waals surface area (Å²) >= 11 is 0. The van der Waals surface area contributed by atoms with Crippen molar-refractivity contribution in [3.8, 4) is 0 Å². The average Bonchev–Trinajstić information content (AvgIpc) is 3.26. The number of unbranched alkanes of at least 4 members (excludes halogenated alkanes) is 2. The highest BCUT2D eigenvalue weighted by atomic mass is 16.6. The van der Waals surface area contributed by atoms with Crippen LogP contribution in [0.1, 0.15) is 53.3 Å². The lowest BCUT2D eigenvalue weighted by molar-refractivity contribution is -0.384. The standard InChI is InChI=1S/C25H26N2O8/c1-2-3-4-13-34-24(30)18-7-9-20(10-8-18)26-15-19(14-23(26)29)25(31)35-16-22(28)17-5-11-21(12-6-17)27(32)33/h5-12,19H,2-4,13-16H2,1H3/t19-/m1/s1. The fourth-order valence-electron chi connectivity index (χ4n) is 3.60. The minimum absolute atomic E-state index is 0.0637. The number of nitro groups is 1. The van der Waals surface area contributed by atoms with Gasteiger partial charge < -0.3 is 14.4 Å². The lowest BCUT2D eigenvalue weighted by Gasteiger charge is -2.17. The molecular weight excluding hydrogens is 456 g/mol. The van der Waals surface area contributed by atoms with E-state index in [0.717, 1.165) is 19.3 Å². The zero-order chi connectivity index (χ0) is 25.4. The Kier molecular flexibility index (Phi) is 8.66. The van der Waals surface area contributed by atoms with Gasteiger partial charge in [-0.3, -0.25) is 24.5 Å². The van der Waals surface area contributed by atoms with Crippen molar-refractivity contribution in [1.29, 1.82) is 0 Å². The molecule has 0 unspecified atom stereocenters. The number of carbonyl (C=O) groups excluding carboxylic acids is 4. The second kappa shape index (κ2) is 11.9. The summed E-state index contributed by atoms with van der Waals surface area (Å²) in [6, 6.07) is 11.3. The molecule has 2 aromatic rings. The number of non-ortho nitro benzene ring substituents is 1. The molecule has 2 aromatic carbocycles. The van der Waals surface area contributed by atoms with Gasteiger partial charge in [0.1, 0.15) is 0 Å². The molecule has 3 rings (SSSR count). The molecule has 0 spiro atoms. The second-order valence-corrected chi connectivity index (χ2v) is 8.13. The van der Waals surface area contributed by atoms with Crippen molar-refractivity contribution in [2.75, 3.05) is 24.7 Å². The Balaban J connectivity index is 1.51. The minimum atomic E-state index is -0.740. The van der Waals surface area contributed by atoms with Crippen LogP contribution in [0.2, 0.25) is 0 Å². The van der Waals surface area contributed by atoms with Crippen molar-refractivity contribution < 1.29 is 33.6 Å². The van der Waals surface area contributed by atoms with E-state index < -0.39 is 35.2 Å². The van der Waals surface area contributed by atoms with Gasteiger partial charge >= 0.3 is 11.9 Å². The molecule has 10 nitrogen and oxygen atoms in total. The zero-order valence-electron chi connectivity index (χ0n) is 19.3. The van der Waals surface area contributed by atoms with Crippen LogP contribution in [0.4, 0.5) is 11.4 Å². The van der Waals surface area contributed by atoms with Crippen LogP contribution < -0.4 is 4.90 Å². The SMILES string of the molecule is CCCCCOC(=O)c1ccc(N2C[C@H](C(=O)OCC(=O)c3ccc([N+](=O)[O-])cc3)CC2=O)cc1. The molecule has 10 heteroatoms. The number of rotatable bonds is 11. The molecule has 0 bridgehead atoms. The predicted octanol–water partition coefficient (Wildman–Crippen LogP) is 3.72. The monoisotopic (exact) mass is 482 g/mol. The fraction of sp³-hybridized carbons (Fsp3) is 0.360. The molecule has 1 aliphatic rings. The molecule has 0 aromatic heterocycles. The number of esters is 2. The molecule has 0 aliphatic carbocycles. The highest BCUT2D eigenvalue weighted by Gasteiger charge is 2.36. The van der Waals surface area contributed by atoms with Gasteiger partial charge in [-0.15, -0.1) is 0 Å². The Morgan fingerprint density at radius 1 is 1.00 bits per heavy atom. The number of hydrogen-bond donors (Lipinski definition) is 0. The van der Waals surface area contributed by atoms with Crippen molar-refractivity contribution in [3.05, 3.63) is 69.8 Å². The Bertz CT molecular complexity index is 1100. The lowest BCUT2D eigenvalue weighted by atomic mass is 10.1. The number of Topliss-reactive ketones (excluding diaryl/α,β-unsaturated/α-hetero) is 1. The van der Waals surface area contributed by atoms with Gasteiger partial charge in [0.05, 0.1) is 23.0 Å². The molecule has 1 heterocycles. The van der Waals surface area contributed by atoms with Crippen LogP contribution in [0.25, 0.3) is 0 Å². The van der Waals surface area contributed by atoms with E-state index in [9.17, 15) is 29.3 Å². The van der Waals surface area contributed by atoms with Crippen molar-refractivity contribution in [1.82, 2.24) is 0 Å². The normalized spacial score (nSPS) is 15.1. The lowest BCUT2D eigenvalue weighted by Crippen LogP contribution is -2.27. The number of ketones is 1. The summed E-state index contributed by atoms with van der Waals surface area (Å²) in [5, 5.41) is 10.7. The molecule has 1 saturated heterocycles. The molecule has 0 N–H and O–H groups in total. The molecule has 1 atom stereocenters. The summed E-state index contributed by atoms with van der Waals surface area (Å²) in [6.07, 6.45) is 2.75. The van der Waals surface area contributed by atoms with Gasteiger partial charge in [0.25, 0.3) is 5.69 Å². The van der Waals surface area contributed by atoms with Gasteiger partial charge in [0.15, 0.2) is 12.4 Å². The average molecular weight is 482 g/mol. The maximum atomic E-state index is 12.5. The Morgan fingerprint density at radius 2 is 1.66 bits per heavy atom. The smallest absolute Gasteiger partial charge is 0.338 e. The Hall–Kier alpha value is -4.08. The quantitative estimate of drug-likeness (QED) is 0.156. The van der Waals surface area contributed by atoms with Crippen LogP contribution in [0.5, 0.6) is 0 Å². The second-order valence-electron chi connectivity index (χ2n) is 8.13. The third-order valence-electron chi connectivity index (χ3n) is 5.60. The largest absolute Gasteiger partial charge is 0.462 e. The van der Waals surface area contributed by atoms with E-state index in [4.69, 9.17) is 9.47 Å². The number of nitro benzene ring substituents is 1. The summed E-state index contributed by atoms with van der Waals surface area (Å²) in [5.41, 5.74) is 0.934. The number of ether oxygens (including phenoxy) is 2.